The molecule has 0 bridgehead atoms. The van der Waals surface area contributed by atoms with Crippen molar-refractivity contribution in [3.8, 4) is 0 Å². The molecule has 0 spiro atoms. The molecule has 7 heteroatoms. The lowest BCUT2D eigenvalue weighted by Crippen LogP contribution is -2.19. The number of urea groups is 1. The Morgan fingerprint density at radius 3 is 2.30 bits per heavy atom. The highest BCUT2D eigenvalue weighted by Gasteiger charge is 2.07. The predicted molar refractivity (Wildman–Crippen MR) is 87.7 cm³/mol. The third-order valence-corrected chi connectivity index (χ3v) is 3.45. The van der Waals surface area contributed by atoms with E-state index in [4.69, 9.17) is 28.9 Å². The van der Waals surface area contributed by atoms with Crippen LogP contribution in [-0.2, 0) is 0 Å². The minimum absolute atomic E-state index is 0.409. The maximum atomic E-state index is 11.9. The van der Waals surface area contributed by atoms with Crippen LogP contribution < -0.4 is 16.4 Å². The number of nitrogens with one attached hydrogen (secondary N) is 2. The molecule has 2 rings (SSSR count). The molecule has 4 nitrogen and oxygen atoms in total. The Hall–Kier alpha value is -1.43. The largest absolute Gasteiger partial charge is 0.399 e. The maximum Gasteiger partial charge on any atom is 0.323 e. The van der Waals surface area contributed by atoms with Gasteiger partial charge in [-0.2, -0.15) is 0 Å². The highest BCUT2D eigenvalue weighted by atomic mass is 79.9. The first-order valence-electron chi connectivity index (χ1n) is 5.53. The summed E-state index contributed by atoms with van der Waals surface area (Å²) in [7, 11) is 0. The predicted octanol–water partition coefficient (Wildman–Crippen LogP) is 4.98. The number of carbonyl (C=O) groups is 1. The van der Waals surface area contributed by atoms with Crippen LogP contribution in [0.15, 0.2) is 40.9 Å². The van der Waals surface area contributed by atoms with E-state index < -0.39 is 6.03 Å². The van der Waals surface area contributed by atoms with Crippen LogP contribution in [0, 0.1) is 0 Å². The van der Waals surface area contributed by atoms with E-state index in [0.717, 1.165) is 0 Å². The summed E-state index contributed by atoms with van der Waals surface area (Å²) in [6.45, 7) is 0. The van der Waals surface area contributed by atoms with Crippen molar-refractivity contribution in [3.63, 3.8) is 0 Å². The number of nitrogen functional groups attached to an aromatic ring is 1. The highest BCUT2D eigenvalue weighted by molar-refractivity contribution is 9.10. The van der Waals surface area contributed by atoms with Gasteiger partial charge >= 0.3 is 6.03 Å². The van der Waals surface area contributed by atoms with Gasteiger partial charge < -0.3 is 16.4 Å². The smallest absolute Gasteiger partial charge is 0.323 e. The van der Waals surface area contributed by atoms with Gasteiger partial charge in [0.2, 0.25) is 0 Å². The van der Waals surface area contributed by atoms with E-state index in [1.807, 2.05) is 0 Å². The summed E-state index contributed by atoms with van der Waals surface area (Å²) >= 11 is 15.0. The second-order valence-electron chi connectivity index (χ2n) is 3.98. The van der Waals surface area contributed by atoms with Crippen LogP contribution in [0.4, 0.5) is 21.9 Å². The number of benzene rings is 2. The van der Waals surface area contributed by atoms with Crippen molar-refractivity contribution >= 4 is 62.2 Å². The summed E-state index contributed by atoms with van der Waals surface area (Å²) in [5.41, 5.74) is 7.34. The Bertz CT molecular complexity index is 644. The maximum absolute atomic E-state index is 11.9. The van der Waals surface area contributed by atoms with Crippen molar-refractivity contribution in [1.29, 1.82) is 0 Å². The van der Waals surface area contributed by atoms with Gasteiger partial charge in [-0.05, 0) is 52.3 Å². The number of hydrogen-bond donors (Lipinski definition) is 3. The molecular weight excluding hydrogens is 365 g/mol. The summed E-state index contributed by atoms with van der Waals surface area (Å²) in [5, 5.41) is 6.22. The van der Waals surface area contributed by atoms with Crippen LogP contribution in [-0.4, -0.2) is 6.03 Å². The Balaban J connectivity index is 2.09. The second kappa shape index (κ2) is 6.35. The second-order valence-corrected chi connectivity index (χ2v) is 5.70. The molecule has 0 atom stereocenters. The topological polar surface area (TPSA) is 67.1 Å². The van der Waals surface area contributed by atoms with Gasteiger partial charge in [0.15, 0.2) is 0 Å². The molecule has 2 amide bonds. The molecule has 0 aromatic heterocycles. The third kappa shape index (κ3) is 4.03. The first kappa shape index (κ1) is 15.0. The quantitative estimate of drug-likeness (QED) is 0.648. The zero-order valence-electron chi connectivity index (χ0n) is 10.1. The summed E-state index contributed by atoms with van der Waals surface area (Å²) in [6.07, 6.45) is 0. The SMILES string of the molecule is Nc1ccc(NC(=O)Nc2cc(Cl)cc(Cl)c2)c(Br)c1. The van der Waals surface area contributed by atoms with E-state index in [9.17, 15) is 4.79 Å². The molecule has 4 N–H and O–H groups in total. The van der Waals surface area contributed by atoms with E-state index in [-0.39, 0.29) is 0 Å². The molecule has 0 aliphatic rings. The summed E-state index contributed by atoms with van der Waals surface area (Å²) < 4.78 is 0.691. The Kier molecular flexibility index (Phi) is 4.75. The van der Waals surface area contributed by atoms with Crippen molar-refractivity contribution in [2.24, 2.45) is 0 Å². The van der Waals surface area contributed by atoms with Gasteiger partial charge in [-0.15, -0.1) is 0 Å². The fraction of sp³-hybridized carbons (Fsp3) is 0. The molecule has 0 aliphatic carbocycles. The van der Waals surface area contributed by atoms with E-state index in [1.54, 1.807) is 36.4 Å². The molecule has 0 saturated heterocycles. The number of nitrogens with two attached hydrogens (primary N) is 1. The monoisotopic (exact) mass is 373 g/mol. The minimum Gasteiger partial charge on any atom is -0.399 e. The number of carbonyl (C=O) groups excluding carboxylic acids is 1. The molecule has 0 radical (unpaired) electrons. The van der Waals surface area contributed by atoms with E-state index in [1.165, 1.54) is 0 Å². The van der Waals surface area contributed by atoms with Gasteiger partial charge in [0.25, 0.3) is 0 Å². The van der Waals surface area contributed by atoms with E-state index >= 15 is 0 Å². The number of rotatable bonds is 2. The number of anilines is 3. The normalized spacial score (nSPS) is 10.2. The van der Waals surface area contributed by atoms with Crippen LogP contribution in [0.1, 0.15) is 0 Å². The van der Waals surface area contributed by atoms with Crippen LogP contribution in [0.25, 0.3) is 0 Å². The molecule has 0 unspecified atom stereocenters. The molecule has 0 heterocycles. The lowest BCUT2D eigenvalue weighted by molar-refractivity contribution is 0.262. The number of halogens is 3. The zero-order chi connectivity index (χ0) is 14.7. The van der Waals surface area contributed by atoms with Gasteiger partial charge in [-0.3, -0.25) is 0 Å². The highest BCUT2D eigenvalue weighted by Crippen LogP contribution is 2.26. The van der Waals surface area contributed by atoms with Crippen LogP contribution >= 0.6 is 39.1 Å². The Labute approximate surface area is 134 Å². The molecule has 20 heavy (non-hydrogen) atoms. The average molecular weight is 375 g/mol. The molecule has 2 aromatic carbocycles. The summed E-state index contributed by atoms with van der Waals surface area (Å²) in [6, 6.07) is 9.47. The molecule has 0 saturated carbocycles. The van der Waals surface area contributed by atoms with Gasteiger partial charge in [-0.25, -0.2) is 4.79 Å². The molecular formula is C13H10BrCl2N3O. The fourth-order valence-corrected chi connectivity index (χ4v) is 2.57. The lowest BCUT2D eigenvalue weighted by Gasteiger charge is -2.10. The third-order valence-electron chi connectivity index (χ3n) is 2.36. The van der Waals surface area contributed by atoms with Crippen LogP contribution in [0.2, 0.25) is 10.0 Å². The van der Waals surface area contributed by atoms with Crippen molar-refractivity contribution in [2.75, 3.05) is 16.4 Å². The van der Waals surface area contributed by atoms with Crippen molar-refractivity contribution in [1.82, 2.24) is 0 Å². The number of amides is 2. The molecule has 2 aromatic rings. The molecule has 104 valence electrons. The average Bonchev–Trinajstić information content (AvgIpc) is 2.31. The summed E-state index contributed by atoms with van der Waals surface area (Å²) in [4.78, 5) is 11.9. The van der Waals surface area contributed by atoms with Crippen LogP contribution in [0.5, 0.6) is 0 Å². The van der Waals surface area contributed by atoms with E-state index in [2.05, 4.69) is 26.6 Å². The van der Waals surface area contributed by atoms with Crippen LogP contribution in [0.3, 0.4) is 0 Å². The van der Waals surface area contributed by atoms with Gasteiger partial charge in [0.05, 0.1) is 5.69 Å². The first-order valence-corrected chi connectivity index (χ1v) is 7.08. The lowest BCUT2D eigenvalue weighted by atomic mass is 10.3. The summed E-state index contributed by atoms with van der Waals surface area (Å²) in [5.74, 6) is 0. The molecule has 0 aliphatic heterocycles. The van der Waals surface area contributed by atoms with E-state index in [0.29, 0.717) is 31.6 Å². The minimum atomic E-state index is -0.409. The van der Waals surface area contributed by atoms with Gasteiger partial charge in [0.1, 0.15) is 0 Å². The van der Waals surface area contributed by atoms with Crippen molar-refractivity contribution in [2.45, 2.75) is 0 Å². The van der Waals surface area contributed by atoms with Gasteiger partial charge in [-0.1, -0.05) is 23.2 Å². The molecule has 0 fully saturated rings. The van der Waals surface area contributed by atoms with Crippen molar-refractivity contribution in [3.05, 3.63) is 50.9 Å². The Morgan fingerprint density at radius 1 is 1.05 bits per heavy atom. The first-order chi connectivity index (χ1) is 9.44. The number of hydrogen-bond acceptors (Lipinski definition) is 2. The zero-order valence-corrected chi connectivity index (χ0v) is 13.2. The standard InChI is InChI=1S/C13H10BrCl2N3O/c14-11-6-9(17)1-2-12(11)19-13(20)18-10-4-7(15)3-8(16)5-10/h1-6H,17H2,(H2,18,19,20). The fourth-order valence-electron chi connectivity index (χ4n) is 1.54. The Morgan fingerprint density at radius 2 is 1.70 bits per heavy atom. The van der Waals surface area contributed by atoms with Crippen molar-refractivity contribution < 1.29 is 4.79 Å². The van der Waals surface area contributed by atoms with Gasteiger partial charge in [0, 0.05) is 25.9 Å².